The Bertz CT molecular complexity index is 904. The molecule has 1 N–H and O–H groups in total. The highest BCUT2D eigenvalue weighted by molar-refractivity contribution is 6.05. The second-order valence-corrected chi connectivity index (χ2v) is 5.71. The lowest BCUT2D eigenvalue weighted by Crippen LogP contribution is -2.15. The zero-order chi connectivity index (χ0) is 18.5. The van der Waals surface area contributed by atoms with Crippen molar-refractivity contribution in [2.75, 3.05) is 19.0 Å². The predicted molar refractivity (Wildman–Crippen MR) is 100 cm³/mol. The molecule has 0 unspecified atom stereocenters. The normalized spacial score (nSPS) is 10.4. The van der Waals surface area contributed by atoms with Crippen molar-refractivity contribution in [1.82, 2.24) is 9.78 Å². The number of rotatable bonds is 6. The van der Waals surface area contributed by atoms with E-state index in [2.05, 4.69) is 10.4 Å². The highest BCUT2D eigenvalue weighted by Crippen LogP contribution is 2.27. The van der Waals surface area contributed by atoms with Crippen molar-refractivity contribution in [1.29, 1.82) is 0 Å². The molecule has 134 valence electrons. The zero-order valence-electron chi connectivity index (χ0n) is 15.0. The smallest absolute Gasteiger partial charge is 0.280 e. The summed E-state index contributed by atoms with van der Waals surface area (Å²) < 4.78 is 12.6. The molecule has 0 atom stereocenters. The average molecular weight is 351 g/mol. The van der Waals surface area contributed by atoms with Crippen LogP contribution in [0.4, 0.5) is 5.69 Å². The molecule has 0 saturated heterocycles. The lowest BCUT2D eigenvalue weighted by molar-refractivity contribution is 0.101. The maximum absolute atomic E-state index is 12.8. The Morgan fingerprint density at radius 1 is 1.15 bits per heavy atom. The summed E-state index contributed by atoms with van der Waals surface area (Å²) in [5.74, 6) is 0.667. The van der Waals surface area contributed by atoms with Crippen LogP contribution in [-0.4, -0.2) is 29.4 Å². The first-order chi connectivity index (χ1) is 12.6. The fourth-order valence-corrected chi connectivity index (χ4v) is 2.57. The average Bonchev–Trinajstić information content (AvgIpc) is 3.09. The number of para-hydroxylation sites is 1. The van der Waals surface area contributed by atoms with Gasteiger partial charge in [0.15, 0.2) is 11.4 Å². The fraction of sp³-hybridized carbons (Fsp3) is 0.200. The number of carbonyl (C=O) groups excluding carboxylic acids is 1. The van der Waals surface area contributed by atoms with Crippen molar-refractivity contribution in [2.24, 2.45) is 0 Å². The molecule has 0 spiro atoms. The molecule has 6 heteroatoms. The van der Waals surface area contributed by atoms with E-state index in [1.807, 2.05) is 62.4 Å². The molecular formula is C20H21N3O3. The van der Waals surface area contributed by atoms with Gasteiger partial charge >= 0.3 is 0 Å². The number of ether oxygens (including phenoxy) is 2. The van der Waals surface area contributed by atoms with E-state index >= 15 is 0 Å². The van der Waals surface area contributed by atoms with E-state index in [9.17, 15) is 4.79 Å². The molecule has 1 amide bonds. The van der Waals surface area contributed by atoms with Crippen molar-refractivity contribution in [3.8, 4) is 17.2 Å². The molecular weight excluding hydrogens is 330 g/mol. The van der Waals surface area contributed by atoms with Gasteiger partial charge in [0.25, 0.3) is 5.91 Å². The van der Waals surface area contributed by atoms with E-state index in [-0.39, 0.29) is 11.6 Å². The maximum atomic E-state index is 12.8. The summed E-state index contributed by atoms with van der Waals surface area (Å²) in [6.45, 7) is 4.38. The Kier molecular flexibility index (Phi) is 5.22. The molecule has 3 aromatic rings. The number of anilines is 1. The van der Waals surface area contributed by atoms with Crippen LogP contribution in [0, 0.1) is 6.92 Å². The van der Waals surface area contributed by atoms with Crippen LogP contribution in [0.1, 0.15) is 23.0 Å². The Labute approximate surface area is 152 Å². The van der Waals surface area contributed by atoms with Crippen LogP contribution in [0.25, 0.3) is 5.69 Å². The molecule has 2 aromatic carbocycles. The summed E-state index contributed by atoms with van der Waals surface area (Å²) in [5, 5.41) is 7.24. The first-order valence-corrected chi connectivity index (χ1v) is 8.36. The van der Waals surface area contributed by atoms with Crippen LogP contribution < -0.4 is 14.8 Å². The van der Waals surface area contributed by atoms with E-state index in [0.29, 0.717) is 23.8 Å². The third kappa shape index (κ3) is 3.69. The van der Waals surface area contributed by atoms with Crippen LogP contribution in [-0.2, 0) is 0 Å². The Morgan fingerprint density at radius 2 is 1.92 bits per heavy atom. The Balaban J connectivity index is 1.90. The summed E-state index contributed by atoms with van der Waals surface area (Å²) in [4.78, 5) is 12.8. The number of nitrogens with one attached hydrogen (secondary N) is 1. The quantitative estimate of drug-likeness (QED) is 0.733. The minimum Gasteiger partial charge on any atom is -0.493 e. The predicted octanol–water partition coefficient (Wildman–Crippen LogP) is 3.84. The van der Waals surface area contributed by atoms with E-state index in [0.717, 1.165) is 11.3 Å². The van der Waals surface area contributed by atoms with E-state index in [1.165, 1.54) is 7.11 Å². The molecule has 1 aromatic heterocycles. The van der Waals surface area contributed by atoms with E-state index in [4.69, 9.17) is 9.47 Å². The number of hydrogen-bond acceptors (Lipinski definition) is 4. The summed E-state index contributed by atoms with van der Waals surface area (Å²) in [5.41, 5.74) is 2.70. The molecule has 0 fully saturated rings. The monoisotopic (exact) mass is 351 g/mol. The molecule has 0 saturated carbocycles. The lowest BCUT2D eigenvalue weighted by atomic mass is 10.2. The summed E-state index contributed by atoms with van der Waals surface area (Å²) in [6, 6.07) is 15.2. The molecule has 0 bridgehead atoms. The molecule has 6 nitrogen and oxygen atoms in total. The number of hydrogen-bond donors (Lipinski definition) is 1. The molecule has 0 radical (unpaired) electrons. The number of aryl methyl sites for hydroxylation is 1. The van der Waals surface area contributed by atoms with Gasteiger partial charge < -0.3 is 14.8 Å². The van der Waals surface area contributed by atoms with Crippen LogP contribution in [0.3, 0.4) is 0 Å². The minimum absolute atomic E-state index is 0.208. The summed E-state index contributed by atoms with van der Waals surface area (Å²) >= 11 is 0. The largest absolute Gasteiger partial charge is 0.493 e. The number of nitrogens with zero attached hydrogens (tertiary/aromatic N) is 2. The number of benzene rings is 2. The maximum Gasteiger partial charge on any atom is 0.280 e. The second kappa shape index (κ2) is 7.74. The van der Waals surface area contributed by atoms with Gasteiger partial charge in [0, 0.05) is 0 Å². The van der Waals surface area contributed by atoms with Crippen LogP contribution in [0.2, 0.25) is 0 Å². The first kappa shape index (κ1) is 17.5. The van der Waals surface area contributed by atoms with Crippen molar-refractivity contribution < 1.29 is 14.3 Å². The van der Waals surface area contributed by atoms with Gasteiger partial charge in [0.05, 0.1) is 31.3 Å². The van der Waals surface area contributed by atoms with Gasteiger partial charge in [0.1, 0.15) is 5.75 Å². The van der Waals surface area contributed by atoms with E-state index < -0.39 is 0 Å². The fourth-order valence-electron chi connectivity index (χ4n) is 2.57. The van der Waals surface area contributed by atoms with Crippen molar-refractivity contribution >= 4 is 11.6 Å². The van der Waals surface area contributed by atoms with Crippen molar-refractivity contribution in [3.63, 3.8) is 0 Å². The third-order valence-corrected chi connectivity index (χ3v) is 3.82. The number of methoxy groups -OCH3 is 1. The van der Waals surface area contributed by atoms with Crippen LogP contribution >= 0.6 is 0 Å². The van der Waals surface area contributed by atoms with E-state index in [1.54, 1.807) is 10.9 Å². The molecule has 0 aliphatic heterocycles. The van der Waals surface area contributed by atoms with Gasteiger partial charge in [-0.2, -0.15) is 5.10 Å². The standard InChI is InChI=1S/C20H21N3O3/c1-4-26-17-12-14(2)10-11-16(17)21-20(24)19-18(25-3)13-23(22-19)15-8-6-5-7-9-15/h5-13H,4H2,1-3H3,(H,21,24). The number of amides is 1. The van der Waals surface area contributed by atoms with Gasteiger partial charge in [-0.1, -0.05) is 24.3 Å². The highest BCUT2D eigenvalue weighted by atomic mass is 16.5. The molecule has 1 heterocycles. The van der Waals surface area contributed by atoms with Gasteiger partial charge in [0.2, 0.25) is 0 Å². The summed E-state index contributed by atoms with van der Waals surface area (Å²) in [7, 11) is 1.51. The number of aromatic nitrogens is 2. The van der Waals surface area contributed by atoms with Gasteiger partial charge in [-0.15, -0.1) is 0 Å². The van der Waals surface area contributed by atoms with Gasteiger partial charge in [-0.25, -0.2) is 4.68 Å². The van der Waals surface area contributed by atoms with Crippen molar-refractivity contribution in [2.45, 2.75) is 13.8 Å². The third-order valence-electron chi connectivity index (χ3n) is 3.82. The highest BCUT2D eigenvalue weighted by Gasteiger charge is 2.20. The summed E-state index contributed by atoms with van der Waals surface area (Å²) in [6.07, 6.45) is 1.68. The zero-order valence-corrected chi connectivity index (χ0v) is 15.0. The van der Waals surface area contributed by atoms with Crippen LogP contribution in [0.5, 0.6) is 11.5 Å². The molecule has 3 rings (SSSR count). The second-order valence-electron chi connectivity index (χ2n) is 5.71. The molecule has 0 aliphatic carbocycles. The minimum atomic E-state index is -0.360. The first-order valence-electron chi connectivity index (χ1n) is 8.36. The van der Waals surface area contributed by atoms with Gasteiger partial charge in [-0.05, 0) is 43.7 Å². The molecule has 0 aliphatic rings. The molecule has 26 heavy (non-hydrogen) atoms. The lowest BCUT2D eigenvalue weighted by Gasteiger charge is -2.12. The Hall–Kier alpha value is -3.28. The van der Waals surface area contributed by atoms with Crippen LogP contribution in [0.15, 0.2) is 54.7 Å². The topological polar surface area (TPSA) is 65.4 Å². The Morgan fingerprint density at radius 3 is 2.62 bits per heavy atom. The SMILES string of the molecule is CCOc1cc(C)ccc1NC(=O)c1nn(-c2ccccc2)cc1OC. The van der Waals surface area contributed by atoms with Gasteiger partial charge in [-0.3, -0.25) is 4.79 Å². The number of carbonyl (C=O) groups is 1. The van der Waals surface area contributed by atoms with Crippen molar-refractivity contribution in [3.05, 3.63) is 66.0 Å².